The number of phenols is 1. The Hall–Kier alpha value is -1.22. The molecule has 1 N–H and O–H groups in total. The molecule has 0 fully saturated rings. The highest BCUT2D eigenvalue weighted by Crippen LogP contribution is 2.14. The molecule has 3 nitrogen and oxygen atoms in total. The molecule has 0 aliphatic rings. The van der Waals surface area contributed by atoms with Gasteiger partial charge in [-0.3, -0.25) is 0 Å². The van der Waals surface area contributed by atoms with Crippen LogP contribution >= 0.6 is 0 Å². The summed E-state index contributed by atoms with van der Waals surface area (Å²) in [5.41, 5.74) is 0. The normalized spacial score (nSPS) is 9.50. The molecule has 0 aromatic heterocycles. The van der Waals surface area contributed by atoms with Crippen LogP contribution in [0.1, 0.15) is 39.5 Å². The van der Waals surface area contributed by atoms with E-state index in [1.165, 1.54) is 25.7 Å². The van der Waals surface area contributed by atoms with E-state index in [9.17, 15) is 0 Å². The molecular formula is C15H26O3. The fourth-order valence-electron chi connectivity index (χ4n) is 1.18. The molecule has 1 aromatic rings. The summed E-state index contributed by atoms with van der Waals surface area (Å²) in [6.45, 7) is 6.28. The van der Waals surface area contributed by atoms with E-state index in [1.807, 2.05) is 0 Å². The van der Waals surface area contributed by atoms with Gasteiger partial charge in [0.25, 0.3) is 0 Å². The van der Waals surface area contributed by atoms with Gasteiger partial charge in [-0.05, 0) is 37.1 Å². The van der Waals surface area contributed by atoms with Crippen molar-refractivity contribution >= 4 is 0 Å². The smallest absolute Gasteiger partial charge is 0.119 e. The first-order valence-corrected chi connectivity index (χ1v) is 6.65. The summed E-state index contributed by atoms with van der Waals surface area (Å²) >= 11 is 0. The summed E-state index contributed by atoms with van der Waals surface area (Å²) in [5, 5.41) is 8.80. The van der Waals surface area contributed by atoms with Gasteiger partial charge in [-0.15, -0.1) is 0 Å². The van der Waals surface area contributed by atoms with Crippen molar-refractivity contribution in [3.63, 3.8) is 0 Å². The molecule has 0 radical (unpaired) electrons. The molecule has 0 heterocycles. The van der Waals surface area contributed by atoms with Crippen molar-refractivity contribution in [1.29, 1.82) is 0 Å². The van der Waals surface area contributed by atoms with Crippen molar-refractivity contribution in [2.24, 2.45) is 0 Å². The lowest BCUT2D eigenvalue weighted by atomic mass is 10.3. The van der Waals surface area contributed by atoms with Crippen LogP contribution in [0.15, 0.2) is 24.3 Å². The predicted octanol–water partition coefficient (Wildman–Crippen LogP) is 4.00. The number of ether oxygens (including phenoxy) is 2. The summed E-state index contributed by atoms with van der Waals surface area (Å²) in [7, 11) is 1.59. The Morgan fingerprint density at radius 2 is 1.44 bits per heavy atom. The lowest BCUT2D eigenvalue weighted by molar-refractivity contribution is 0.128. The van der Waals surface area contributed by atoms with E-state index in [-0.39, 0.29) is 5.75 Å². The SMILES string of the molecule is CCCCOCCCC.COc1ccc(O)cc1. The number of unbranched alkanes of at least 4 members (excludes halogenated alkanes) is 2. The number of benzene rings is 1. The number of rotatable bonds is 7. The summed E-state index contributed by atoms with van der Waals surface area (Å²) in [6.07, 6.45) is 4.91. The largest absolute Gasteiger partial charge is 0.508 e. The topological polar surface area (TPSA) is 38.7 Å². The van der Waals surface area contributed by atoms with E-state index in [2.05, 4.69) is 13.8 Å². The van der Waals surface area contributed by atoms with Crippen LogP contribution in [0, 0.1) is 0 Å². The first kappa shape index (κ1) is 16.8. The number of aromatic hydroxyl groups is 1. The lowest BCUT2D eigenvalue weighted by Gasteiger charge is -1.99. The van der Waals surface area contributed by atoms with Gasteiger partial charge in [0.15, 0.2) is 0 Å². The Labute approximate surface area is 111 Å². The number of methoxy groups -OCH3 is 1. The van der Waals surface area contributed by atoms with Crippen LogP contribution in [0.25, 0.3) is 0 Å². The van der Waals surface area contributed by atoms with Crippen molar-refractivity contribution in [1.82, 2.24) is 0 Å². The van der Waals surface area contributed by atoms with Gasteiger partial charge < -0.3 is 14.6 Å². The molecule has 0 saturated carbocycles. The van der Waals surface area contributed by atoms with E-state index in [0.29, 0.717) is 0 Å². The Morgan fingerprint density at radius 3 is 1.83 bits per heavy atom. The third-order valence-electron chi connectivity index (χ3n) is 2.36. The summed E-state index contributed by atoms with van der Waals surface area (Å²) in [4.78, 5) is 0. The monoisotopic (exact) mass is 254 g/mol. The first-order chi connectivity index (χ1) is 8.74. The predicted molar refractivity (Wildman–Crippen MR) is 75.3 cm³/mol. The molecule has 104 valence electrons. The second-order valence-corrected chi connectivity index (χ2v) is 4.02. The van der Waals surface area contributed by atoms with Gasteiger partial charge in [0.05, 0.1) is 7.11 Å². The van der Waals surface area contributed by atoms with Crippen LogP contribution in [-0.2, 0) is 4.74 Å². The quantitative estimate of drug-likeness (QED) is 0.747. The van der Waals surface area contributed by atoms with Gasteiger partial charge in [-0.2, -0.15) is 0 Å². The molecule has 0 bridgehead atoms. The summed E-state index contributed by atoms with van der Waals surface area (Å²) < 4.78 is 10.2. The zero-order valence-electron chi connectivity index (χ0n) is 11.8. The molecule has 0 spiro atoms. The van der Waals surface area contributed by atoms with Gasteiger partial charge in [0, 0.05) is 13.2 Å². The van der Waals surface area contributed by atoms with E-state index < -0.39 is 0 Å². The van der Waals surface area contributed by atoms with Crippen molar-refractivity contribution < 1.29 is 14.6 Å². The average Bonchev–Trinajstić information content (AvgIpc) is 2.40. The molecule has 1 aromatic carbocycles. The fraction of sp³-hybridized carbons (Fsp3) is 0.600. The van der Waals surface area contributed by atoms with Crippen LogP contribution < -0.4 is 4.74 Å². The lowest BCUT2D eigenvalue weighted by Crippen LogP contribution is -1.95. The van der Waals surface area contributed by atoms with Gasteiger partial charge in [-0.25, -0.2) is 0 Å². The van der Waals surface area contributed by atoms with E-state index >= 15 is 0 Å². The molecule has 0 amide bonds. The average molecular weight is 254 g/mol. The zero-order valence-corrected chi connectivity index (χ0v) is 11.8. The Bertz CT molecular complexity index is 264. The van der Waals surface area contributed by atoms with Gasteiger partial charge in [-0.1, -0.05) is 26.7 Å². The van der Waals surface area contributed by atoms with E-state index in [0.717, 1.165) is 19.0 Å². The Kier molecular flexibility index (Phi) is 11.4. The third kappa shape index (κ3) is 9.97. The van der Waals surface area contributed by atoms with Crippen LogP contribution in [0.4, 0.5) is 0 Å². The zero-order chi connectivity index (χ0) is 13.6. The second kappa shape index (κ2) is 12.2. The minimum absolute atomic E-state index is 0.260. The second-order valence-electron chi connectivity index (χ2n) is 4.02. The molecule has 18 heavy (non-hydrogen) atoms. The Balaban J connectivity index is 0.000000321. The van der Waals surface area contributed by atoms with E-state index in [4.69, 9.17) is 14.6 Å². The van der Waals surface area contributed by atoms with Crippen LogP contribution in [0.5, 0.6) is 11.5 Å². The molecule has 0 unspecified atom stereocenters. The van der Waals surface area contributed by atoms with Crippen LogP contribution in [0.2, 0.25) is 0 Å². The van der Waals surface area contributed by atoms with Crippen LogP contribution in [0.3, 0.4) is 0 Å². The summed E-state index contributed by atoms with van der Waals surface area (Å²) in [6, 6.07) is 6.57. The minimum atomic E-state index is 0.260. The molecule has 1 rings (SSSR count). The van der Waals surface area contributed by atoms with Gasteiger partial charge in [0.1, 0.15) is 11.5 Å². The number of phenolic OH excluding ortho intramolecular Hbond substituents is 1. The molecule has 0 aliphatic heterocycles. The first-order valence-electron chi connectivity index (χ1n) is 6.65. The molecule has 0 saturated heterocycles. The standard InChI is InChI=1S/C8H18O.C7H8O2/c1-3-5-7-9-8-6-4-2;1-9-7-4-2-6(8)3-5-7/h3-8H2,1-2H3;2-5,8H,1H3. The highest BCUT2D eigenvalue weighted by Gasteiger charge is 1.87. The maximum atomic E-state index is 8.80. The molecular weight excluding hydrogens is 228 g/mol. The van der Waals surface area contributed by atoms with Crippen molar-refractivity contribution in [2.75, 3.05) is 20.3 Å². The van der Waals surface area contributed by atoms with Crippen molar-refractivity contribution in [2.45, 2.75) is 39.5 Å². The molecule has 0 atom stereocenters. The minimum Gasteiger partial charge on any atom is -0.508 e. The third-order valence-corrected chi connectivity index (χ3v) is 2.36. The number of hydrogen-bond acceptors (Lipinski definition) is 3. The Morgan fingerprint density at radius 1 is 0.944 bits per heavy atom. The molecule has 3 heteroatoms. The van der Waals surface area contributed by atoms with Crippen LogP contribution in [-0.4, -0.2) is 25.4 Å². The summed E-state index contributed by atoms with van der Waals surface area (Å²) in [5.74, 6) is 1.02. The van der Waals surface area contributed by atoms with Gasteiger partial charge >= 0.3 is 0 Å². The van der Waals surface area contributed by atoms with Gasteiger partial charge in [0.2, 0.25) is 0 Å². The van der Waals surface area contributed by atoms with E-state index in [1.54, 1.807) is 31.4 Å². The highest BCUT2D eigenvalue weighted by atomic mass is 16.5. The maximum absolute atomic E-state index is 8.80. The number of hydrogen-bond donors (Lipinski definition) is 1. The highest BCUT2D eigenvalue weighted by molar-refractivity contribution is 5.29. The maximum Gasteiger partial charge on any atom is 0.119 e. The van der Waals surface area contributed by atoms with Crippen molar-refractivity contribution in [3.8, 4) is 11.5 Å². The van der Waals surface area contributed by atoms with Crippen molar-refractivity contribution in [3.05, 3.63) is 24.3 Å². The fourth-order valence-corrected chi connectivity index (χ4v) is 1.18. The molecule has 0 aliphatic carbocycles.